The van der Waals surface area contributed by atoms with Crippen molar-refractivity contribution in [2.45, 2.75) is 44.7 Å². The zero-order valence-electron chi connectivity index (χ0n) is 15.1. The summed E-state index contributed by atoms with van der Waals surface area (Å²) < 4.78 is 5.49. The van der Waals surface area contributed by atoms with Crippen LogP contribution in [0, 0.1) is 0 Å². The molecule has 2 aromatic rings. The number of nitrogens with zero attached hydrogens (tertiary/aromatic N) is 2. The second-order valence-electron chi connectivity index (χ2n) is 6.96. The molecule has 2 atom stereocenters. The highest BCUT2D eigenvalue weighted by atomic mass is 32.1. The van der Waals surface area contributed by atoms with Crippen LogP contribution < -0.4 is 10.1 Å². The fourth-order valence-electron chi connectivity index (χ4n) is 4.02. The molecule has 1 N–H and O–H groups in total. The number of amides is 1. The molecule has 1 aromatic heterocycles. The van der Waals surface area contributed by atoms with E-state index in [1.54, 1.807) is 11.3 Å². The molecule has 2 saturated heterocycles. The fraction of sp³-hybridized carbons (Fsp3) is 0.500. The van der Waals surface area contributed by atoms with Gasteiger partial charge in [-0.1, -0.05) is 0 Å². The summed E-state index contributed by atoms with van der Waals surface area (Å²) in [6.07, 6.45) is 3.74. The number of thiazole rings is 1. The molecular weight excluding hydrogens is 346 g/mol. The molecule has 3 heterocycles. The minimum absolute atomic E-state index is 0.227. The van der Waals surface area contributed by atoms with Gasteiger partial charge in [0.1, 0.15) is 10.8 Å². The summed E-state index contributed by atoms with van der Waals surface area (Å²) in [4.78, 5) is 19.7. The van der Waals surface area contributed by atoms with E-state index in [1.165, 1.54) is 0 Å². The highest BCUT2D eigenvalue weighted by molar-refractivity contribution is 7.13. The zero-order chi connectivity index (χ0) is 17.9. The first-order valence-electron chi connectivity index (χ1n) is 9.44. The SMILES string of the molecule is CCOc1ccc(-c2nc(CC(=O)N3C4CCNCC3CC4)cs2)cc1. The second kappa shape index (κ2) is 7.76. The number of fused-ring (bicyclic) bond motifs is 2. The van der Waals surface area contributed by atoms with Crippen molar-refractivity contribution in [1.29, 1.82) is 0 Å². The fourth-order valence-corrected chi connectivity index (χ4v) is 4.84. The topological polar surface area (TPSA) is 54.5 Å². The smallest absolute Gasteiger partial charge is 0.229 e. The molecule has 26 heavy (non-hydrogen) atoms. The highest BCUT2D eigenvalue weighted by Crippen LogP contribution is 2.30. The monoisotopic (exact) mass is 371 g/mol. The Hall–Kier alpha value is -1.92. The van der Waals surface area contributed by atoms with Gasteiger partial charge in [-0.15, -0.1) is 11.3 Å². The molecule has 5 nitrogen and oxygen atoms in total. The largest absolute Gasteiger partial charge is 0.494 e. The van der Waals surface area contributed by atoms with Crippen molar-refractivity contribution in [2.24, 2.45) is 0 Å². The summed E-state index contributed by atoms with van der Waals surface area (Å²) in [6.45, 7) is 4.59. The number of carbonyl (C=O) groups excluding carboxylic acids is 1. The lowest BCUT2D eigenvalue weighted by Crippen LogP contribution is -2.43. The Labute approximate surface area is 158 Å². The number of ether oxygens (including phenoxy) is 1. The van der Waals surface area contributed by atoms with Crippen LogP contribution in [0.2, 0.25) is 0 Å². The third-order valence-electron chi connectivity index (χ3n) is 5.24. The first-order valence-corrected chi connectivity index (χ1v) is 10.3. The highest BCUT2D eigenvalue weighted by Gasteiger charge is 2.37. The Morgan fingerprint density at radius 2 is 2.08 bits per heavy atom. The lowest BCUT2D eigenvalue weighted by Gasteiger charge is -2.27. The maximum atomic E-state index is 12.9. The van der Waals surface area contributed by atoms with Crippen molar-refractivity contribution in [3.63, 3.8) is 0 Å². The van der Waals surface area contributed by atoms with Gasteiger partial charge in [0.25, 0.3) is 0 Å². The van der Waals surface area contributed by atoms with E-state index >= 15 is 0 Å². The Kier molecular flexibility index (Phi) is 5.22. The Bertz CT molecular complexity index is 745. The quantitative estimate of drug-likeness (QED) is 0.877. The average Bonchev–Trinajstić information content (AvgIpc) is 3.19. The molecule has 2 fully saturated rings. The molecule has 4 rings (SSSR count). The Morgan fingerprint density at radius 1 is 1.27 bits per heavy atom. The average molecular weight is 372 g/mol. The van der Waals surface area contributed by atoms with Crippen LogP contribution >= 0.6 is 11.3 Å². The van der Waals surface area contributed by atoms with Crippen LogP contribution in [0.25, 0.3) is 10.6 Å². The van der Waals surface area contributed by atoms with Crippen molar-refractivity contribution in [3.8, 4) is 16.3 Å². The van der Waals surface area contributed by atoms with E-state index in [9.17, 15) is 4.79 Å². The van der Waals surface area contributed by atoms with Crippen LogP contribution in [0.15, 0.2) is 29.6 Å². The van der Waals surface area contributed by atoms with Gasteiger partial charge in [-0.05, 0) is 57.0 Å². The molecule has 6 heteroatoms. The number of hydrogen-bond acceptors (Lipinski definition) is 5. The molecule has 2 bridgehead atoms. The molecule has 2 unspecified atom stereocenters. The van der Waals surface area contributed by atoms with Gasteiger partial charge in [0.05, 0.1) is 18.7 Å². The lowest BCUT2D eigenvalue weighted by molar-refractivity contribution is -0.133. The third-order valence-corrected chi connectivity index (χ3v) is 6.18. The van der Waals surface area contributed by atoms with E-state index in [2.05, 4.69) is 10.2 Å². The molecule has 1 amide bonds. The molecule has 1 aromatic carbocycles. The van der Waals surface area contributed by atoms with Gasteiger partial charge < -0.3 is 15.0 Å². The zero-order valence-corrected chi connectivity index (χ0v) is 15.9. The van der Waals surface area contributed by atoms with Crippen LogP contribution in [0.5, 0.6) is 5.75 Å². The molecular formula is C20H25N3O2S. The molecule has 0 saturated carbocycles. The van der Waals surface area contributed by atoms with Crippen molar-refractivity contribution < 1.29 is 9.53 Å². The molecule has 0 spiro atoms. The number of nitrogens with one attached hydrogen (secondary N) is 1. The van der Waals surface area contributed by atoms with Gasteiger partial charge in [-0.25, -0.2) is 4.98 Å². The van der Waals surface area contributed by atoms with Crippen molar-refractivity contribution in [3.05, 3.63) is 35.3 Å². The number of rotatable bonds is 5. The number of aromatic nitrogens is 1. The third kappa shape index (κ3) is 3.62. The predicted molar refractivity (Wildman–Crippen MR) is 104 cm³/mol. The molecule has 2 aliphatic rings. The minimum atomic E-state index is 0.227. The van der Waals surface area contributed by atoms with Crippen LogP contribution in [-0.2, 0) is 11.2 Å². The van der Waals surface area contributed by atoms with Gasteiger partial charge in [0, 0.05) is 29.6 Å². The molecule has 0 aliphatic carbocycles. The van der Waals surface area contributed by atoms with E-state index in [4.69, 9.17) is 9.72 Å². The molecule has 2 aliphatic heterocycles. The normalized spacial score (nSPS) is 22.3. The Morgan fingerprint density at radius 3 is 2.88 bits per heavy atom. The van der Waals surface area contributed by atoms with Gasteiger partial charge in [0.15, 0.2) is 0 Å². The lowest BCUT2D eigenvalue weighted by atomic mass is 10.1. The summed E-state index contributed by atoms with van der Waals surface area (Å²) >= 11 is 1.60. The first kappa shape index (κ1) is 17.5. The van der Waals surface area contributed by atoms with Gasteiger partial charge in [-0.3, -0.25) is 4.79 Å². The number of carbonyl (C=O) groups is 1. The van der Waals surface area contributed by atoms with E-state index in [0.29, 0.717) is 25.1 Å². The standard InChI is InChI=1S/C20H25N3O2S/c1-2-25-18-7-3-14(4-8-18)20-22-15(13-26-20)11-19(24)23-16-5-6-17(23)12-21-10-9-16/h3-4,7-8,13,16-17,21H,2,5-6,9-12H2,1H3. The van der Waals surface area contributed by atoms with Crippen LogP contribution in [0.3, 0.4) is 0 Å². The number of hydrogen-bond donors (Lipinski definition) is 1. The number of benzene rings is 1. The van der Waals surface area contributed by atoms with Crippen molar-refractivity contribution in [1.82, 2.24) is 15.2 Å². The first-order chi connectivity index (χ1) is 12.7. The van der Waals surface area contributed by atoms with Crippen LogP contribution in [0.1, 0.15) is 31.9 Å². The summed E-state index contributed by atoms with van der Waals surface area (Å²) in [5, 5.41) is 6.42. The van der Waals surface area contributed by atoms with E-state index < -0.39 is 0 Å². The van der Waals surface area contributed by atoms with Gasteiger partial charge >= 0.3 is 0 Å². The molecule has 0 radical (unpaired) electrons. The summed E-state index contributed by atoms with van der Waals surface area (Å²) in [6, 6.07) is 8.75. The van der Waals surface area contributed by atoms with E-state index in [1.807, 2.05) is 36.6 Å². The summed E-state index contributed by atoms with van der Waals surface area (Å²) in [5.74, 6) is 1.10. The maximum Gasteiger partial charge on any atom is 0.229 e. The van der Waals surface area contributed by atoms with E-state index in [0.717, 1.165) is 54.4 Å². The van der Waals surface area contributed by atoms with Crippen LogP contribution in [0.4, 0.5) is 0 Å². The maximum absolute atomic E-state index is 12.9. The molecule has 138 valence electrons. The van der Waals surface area contributed by atoms with Gasteiger partial charge in [-0.2, -0.15) is 0 Å². The van der Waals surface area contributed by atoms with Crippen LogP contribution in [-0.4, -0.2) is 47.6 Å². The van der Waals surface area contributed by atoms with Gasteiger partial charge in [0.2, 0.25) is 5.91 Å². The van der Waals surface area contributed by atoms with Crippen molar-refractivity contribution in [2.75, 3.05) is 19.7 Å². The van der Waals surface area contributed by atoms with E-state index in [-0.39, 0.29) is 5.91 Å². The second-order valence-corrected chi connectivity index (χ2v) is 7.82. The van der Waals surface area contributed by atoms with Crippen molar-refractivity contribution >= 4 is 17.2 Å². The Balaban J connectivity index is 1.44. The summed E-state index contributed by atoms with van der Waals surface area (Å²) in [7, 11) is 0. The summed E-state index contributed by atoms with van der Waals surface area (Å²) in [5.41, 5.74) is 1.94. The predicted octanol–water partition coefficient (Wildman–Crippen LogP) is 3.10. The minimum Gasteiger partial charge on any atom is -0.494 e.